The number of rotatable bonds is 4. The first-order chi connectivity index (χ1) is 12.7. The molecule has 27 heavy (non-hydrogen) atoms. The smallest absolute Gasteiger partial charge is 0.319 e. The zero-order valence-corrected chi connectivity index (χ0v) is 16.8. The van der Waals surface area contributed by atoms with E-state index in [0.29, 0.717) is 13.1 Å². The quantitative estimate of drug-likeness (QED) is 0.824. The number of hydrogen-bond acceptors (Lipinski definition) is 4. The highest BCUT2D eigenvalue weighted by molar-refractivity contribution is 5.77. The highest BCUT2D eigenvalue weighted by Crippen LogP contribution is 2.48. The van der Waals surface area contributed by atoms with Gasteiger partial charge in [0.2, 0.25) is 0 Å². The first-order valence-corrected chi connectivity index (χ1v) is 9.58. The predicted octanol–water partition coefficient (Wildman–Crippen LogP) is 3.43. The molecule has 2 fully saturated rings. The fourth-order valence-electron chi connectivity index (χ4n) is 4.70. The number of urea groups is 1. The number of carbonyl (C=O) groups is 1. The van der Waals surface area contributed by atoms with E-state index in [1.807, 2.05) is 19.9 Å². The van der Waals surface area contributed by atoms with Crippen molar-refractivity contribution in [3.8, 4) is 6.07 Å². The molecule has 1 aliphatic carbocycles. The Morgan fingerprint density at radius 2 is 1.78 bits per heavy atom. The van der Waals surface area contributed by atoms with E-state index < -0.39 is 11.0 Å². The average molecular weight is 370 g/mol. The third-order valence-electron chi connectivity index (χ3n) is 6.45. The Morgan fingerprint density at radius 1 is 1.19 bits per heavy atom. The van der Waals surface area contributed by atoms with Gasteiger partial charge in [-0.1, -0.05) is 30.3 Å². The van der Waals surface area contributed by atoms with Crippen LogP contribution in [0.2, 0.25) is 0 Å². The zero-order chi connectivity index (χ0) is 19.9. The van der Waals surface area contributed by atoms with E-state index in [-0.39, 0.29) is 11.6 Å². The maximum absolute atomic E-state index is 12.6. The summed E-state index contributed by atoms with van der Waals surface area (Å²) in [6.45, 7) is 4.45. The van der Waals surface area contributed by atoms with E-state index in [9.17, 15) is 15.3 Å². The molecule has 0 unspecified atom stereocenters. The van der Waals surface area contributed by atoms with Gasteiger partial charge in [-0.05, 0) is 59.2 Å². The molecule has 1 aromatic rings. The van der Waals surface area contributed by atoms with Gasteiger partial charge in [0.15, 0.2) is 0 Å². The van der Waals surface area contributed by atoms with Crippen LogP contribution in [-0.4, -0.2) is 58.8 Å². The van der Waals surface area contributed by atoms with Crippen LogP contribution >= 0.6 is 0 Å². The maximum atomic E-state index is 12.6. The zero-order valence-electron chi connectivity index (χ0n) is 16.8. The van der Waals surface area contributed by atoms with Crippen molar-refractivity contribution in [2.45, 2.75) is 50.6 Å². The van der Waals surface area contributed by atoms with Crippen LogP contribution in [-0.2, 0) is 5.54 Å². The molecule has 0 radical (unpaired) electrons. The van der Waals surface area contributed by atoms with Gasteiger partial charge in [0.25, 0.3) is 0 Å². The van der Waals surface area contributed by atoms with E-state index in [1.54, 1.807) is 4.90 Å². The second-order valence-electron chi connectivity index (χ2n) is 8.96. The molecule has 1 N–H and O–H groups in total. The standard InChI is InChI=1S/C21H30N4O2/c1-19(2,14-22)15-24-16-20(25(27)18(24)26)10-12-21(13-11-20,23(3)4)17-8-6-5-7-9-17/h5-9,27H,10-13,15-16H2,1-4H3. The summed E-state index contributed by atoms with van der Waals surface area (Å²) in [5.41, 5.74) is 0.00182. The van der Waals surface area contributed by atoms with Gasteiger partial charge in [-0.25, -0.2) is 4.79 Å². The van der Waals surface area contributed by atoms with E-state index >= 15 is 0 Å². The van der Waals surface area contributed by atoms with Gasteiger partial charge >= 0.3 is 6.03 Å². The summed E-state index contributed by atoms with van der Waals surface area (Å²) in [7, 11) is 4.20. The molecule has 3 rings (SSSR count). The Morgan fingerprint density at radius 3 is 2.30 bits per heavy atom. The molecule has 6 heteroatoms. The van der Waals surface area contributed by atoms with Crippen molar-refractivity contribution in [2.75, 3.05) is 27.2 Å². The SMILES string of the molecule is CN(C)C1(c2ccccc2)CCC2(CC1)CN(CC(C)(C)C#N)C(=O)N2O. The second-order valence-corrected chi connectivity index (χ2v) is 8.96. The van der Waals surface area contributed by atoms with Crippen LogP contribution < -0.4 is 0 Å². The monoisotopic (exact) mass is 370 g/mol. The molecule has 0 atom stereocenters. The Balaban J connectivity index is 1.81. The minimum Gasteiger partial charge on any atom is -0.319 e. The minimum absolute atomic E-state index is 0.0876. The largest absolute Gasteiger partial charge is 0.344 e. The molecule has 6 nitrogen and oxygen atoms in total. The van der Waals surface area contributed by atoms with Crippen LogP contribution in [0, 0.1) is 16.7 Å². The first kappa shape index (κ1) is 19.7. The summed E-state index contributed by atoms with van der Waals surface area (Å²) in [5, 5.41) is 20.9. The van der Waals surface area contributed by atoms with Gasteiger partial charge < -0.3 is 4.90 Å². The van der Waals surface area contributed by atoms with Gasteiger partial charge in [0.1, 0.15) is 0 Å². The van der Waals surface area contributed by atoms with Crippen molar-refractivity contribution in [1.29, 1.82) is 5.26 Å². The summed E-state index contributed by atoms with van der Waals surface area (Å²) in [4.78, 5) is 16.5. The van der Waals surface area contributed by atoms with Crippen LogP contribution in [0.25, 0.3) is 0 Å². The molecular weight excluding hydrogens is 340 g/mol. The van der Waals surface area contributed by atoms with Crippen molar-refractivity contribution in [2.24, 2.45) is 5.41 Å². The molecule has 2 aliphatic rings. The lowest BCUT2D eigenvalue weighted by Crippen LogP contribution is -2.54. The Bertz CT molecular complexity index is 730. The topological polar surface area (TPSA) is 70.8 Å². The number of hydrogen-bond donors (Lipinski definition) is 1. The Hall–Kier alpha value is -2.10. The van der Waals surface area contributed by atoms with Crippen molar-refractivity contribution < 1.29 is 10.0 Å². The predicted molar refractivity (Wildman–Crippen MR) is 103 cm³/mol. The second kappa shape index (κ2) is 6.81. The van der Waals surface area contributed by atoms with Gasteiger partial charge in [0, 0.05) is 18.6 Å². The average Bonchev–Trinajstić information content (AvgIpc) is 2.87. The lowest BCUT2D eigenvalue weighted by atomic mass is 9.68. The molecular formula is C21H30N4O2. The molecule has 1 aliphatic heterocycles. The van der Waals surface area contributed by atoms with Crippen LogP contribution in [0.15, 0.2) is 30.3 Å². The van der Waals surface area contributed by atoms with Crippen LogP contribution in [0.1, 0.15) is 45.1 Å². The summed E-state index contributed by atoms with van der Waals surface area (Å²) in [6, 6.07) is 12.3. The first-order valence-electron chi connectivity index (χ1n) is 9.58. The summed E-state index contributed by atoms with van der Waals surface area (Å²) in [6.07, 6.45) is 3.19. The van der Waals surface area contributed by atoms with E-state index in [0.717, 1.165) is 30.7 Å². The van der Waals surface area contributed by atoms with Crippen molar-refractivity contribution in [1.82, 2.24) is 14.9 Å². The third-order valence-corrected chi connectivity index (χ3v) is 6.45. The fraction of sp³-hybridized carbons (Fsp3) is 0.619. The van der Waals surface area contributed by atoms with Crippen LogP contribution in [0.3, 0.4) is 0 Å². The molecule has 1 heterocycles. The number of carbonyl (C=O) groups excluding carboxylic acids is 1. The lowest BCUT2D eigenvalue weighted by Gasteiger charge is -2.49. The molecule has 1 saturated heterocycles. The number of hydroxylamine groups is 2. The highest BCUT2D eigenvalue weighted by Gasteiger charge is 2.55. The summed E-state index contributed by atoms with van der Waals surface area (Å²) in [5.74, 6) is 0. The summed E-state index contributed by atoms with van der Waals surface area (Å²) < 4.78 is 0. The maximum Gasteiger partial charge on any atom is 0.344 e. The van der Waals surface area contributed by atoms with E-state index in [2.05, 4.69) is 49.3 Å². The highest BCUT2D eigenvalue weighted by atomic mass is 16.5. The molecule has 0 bridgehead atoms. The lowest BCUT2D eigenvalue weighted by molar-refractivity contribution is -0.129. The van der Waals surface area contributed by atoms with E-state index in [1.165, 1.54) is 5.56 Å². The van der Waals surface area contributed by atoms with Gasteiger partial charge in [0.05, 0.1) is 17.0 Å². The van der Waals surface area contributed by atoms with Gasteiger partial charge in [-0.3, -0.25) is 10.1 Å². The number of nitrogens with zero attached hydrogens (tertiary/aromatic N) is 4. The van der Waals surface area contributed by atoms with E-state index in [4.69, 9.17) is 0 Å². The van der Waals surface area contributed by atoms with Gasteiger partial charge in [-0.15, -0.1) is 0 Å². The molecule has 1 spiro atoms. The number of benzene rings is 1. The van der Waals surface area contributed by atoms with Crippen LogP contribution in [0.4, 0.5) is 4.79 Å². The molecule has 0 aromatic heterocycles. The molecule has 146 valence electrons. The normalized spacial score (nSPS) is 28.9. The summed E-state index contributed by atoms with van der Waals surface area (Å²) >= 11 is 0. The Kier molecular flexibility index (Phi) is 4.96. The number of amides is 2. The van der Waals surface area contributed by atoms with Crippen LogP contribution in [0.5, 0.6) is 0 Å². The molecule has 2 amide bonds. The Labute approximate surface area is 161 Å². The molecule has 1 saturated carbocycles. The van der Waals surface area contributed by atoms with Crippen molar-refractivity contribution in [3.05, 3.63) is 35.9 Å². The fourth-order valence-corrected chi connectivity index (χ4v) is 4.70. The van der Waals surface area contributed by atoms with Crippen molar-refractivity contribution in [3.63, 3.8) is 0 Å². The van der Waals surface area contributed by atoms with Gasteiger partial charge in [-0.2, -0.15) is 10.3 Å². The number of nitriles is 1. The molecule has 1 aromatic carbocycles. The van der Waals surface area contributed by atoms with Crippen molar-refractivity contribution >= 4 is 6.03 Å². The third kappa shape index (κ3) is 3.30. The minimum atomic E-state index is -0.631.